The van der Waals surface area contributed by atoms with Gasteiger partial charge in [0.25, 0.3) is 0 Å². The Bertz CT molecular complexity index is 509. The zero-order chi connectivity index (χ0) is 12.5. The van der Waals surface area contributed by atoms with Gasteiger partial charge in [0.2, 0.25) is 0 Å². The van der Waals surface area contributed by atoms with Gasteiger partial charge in [-0.05, 0) is 52.9 Å². The highest BCUT2D eigenvalue weighted by Crippen LogP contribution is 2.31. The molecule has 1 aliphatic carbocycles. The fourth-order valence-corrected chi connectivity index (χ4v) is 3.15. The van der Waals surface area contributed by atoms with Gasteiger partial charge in [-0.1, -0.05) is 6.92 Å². The largest absolute Gasteiger partial charge is 0.384 e. The second-order valence-electron chi connectivity index (χ2n) is 4.37. The van der Waals surface area contributed by atoms with Gasteiger partial charge in [0.1, 0.15) is 0 Å². The van der Waals surface area contributed by atoms with Gasteiger partial charge in [-0.25, -0.2) is 8.42 Å². The molecule has 1 saturated carbocycles. The molecule has 3 nitrogen and oxygen atoms in total. The molecule has 0 spiro atoms. The van der Waals surface area contributed by atoms with Crippen LogP contribution in [0.15, 0.2) is 27.6 Å². The predicted octanol–water partition coefficient (Wildman–Crippen LogP) is 3.06. The summed E-state index contributed by atoms with van der Waals surface area (Å²) in [6.07, 6.45) is 2.60. The van der Waals surface area contributed by atoms with Crippen LogP contribution in [0.25, 0.3) is 0 Å². The summed E-state index contributed by atoms with van der Waals surface area (Å²) in [5.41, 5.74) is 0.965. The fraction of sp³-hybridized carbons (Fsp3) is 0.500. The molecule has 1 aromatic carbocycles. The van der Waals surface area contributed by atoms with Crippen molar-refractivity contribution in [2.45, 2.75) is 24.7 Å². The molecular formula is C12H16BrNO2S. The average Bonchev–Trinajstić information content (AvgIpc) is 3.11. The minimum Gasteiger partial charge on any atom is -0.384 e. The minimum atomic E-state index is -3.11. The van der Waals surface area contributed by atoms with Crippen LogP contribution >= 0.6 is 15.9 Å². The van der Waals surface area contributed by atoms with Crippen molar-refractivity contribution >= 4 is 31.5 Å². The lowest BCUT2D eigenvalue weighted by Gasteiger charge is -2.09. The van der Waals surface area contributed by atoms with Crippen LogP contribution < -0.4 is 5.32 Å². The van der Waals surface area contributed by atoms with Crippen molar-refractivity contribution in [2.75, 3.05) is 17.6 Å². The predicted molar refractivity (Wildman–Crippen MR) is 73.1 cm³/mol. The summed E-state index contributed by atoms with van der Waals surface area (Å²) in [6, 6.07) is 5.17. The number of benzene rings is 1. The molecule has 1 fully saturated rings. The first-order chi connectivity index (χ1) is 8.03. The molecule has 17 heavy (non-hydrogen) atoms. The van der Waals surface area contributed by atoms with E-state index in [0.29, 0.717) is 4.90 Å². The van der Waals surface area contributed by atoms with Gasteiger partial charge in [-0.3, -0.25) is 0 Å². The number of hydrogen-bond donors (Lipinski definition) is 1. The van der Waals surface area contributed by atoms with Gasteiger partial charge < -0.3 is 5.32 Å². The van der Waals surface area contributed by atoms with Crippen molar-refractivity contribution in [1.29, 1.82) is 0 Å². The Morgan fingerprint density at radius 2 is 2.12 bits per heavy atom. The van der Waals surface area contributed by atoms with E-state index < -0.39 is 9.84 Å². The van der Waals surface area contributed by atoms with Gasteiger partial charge in [0, 0.05) is 16.7 Å². The summed E-state index contributed by atoms with van der Waals surface area (Å²) in [5, 5.41) is 3.33. The summed E-state index contributed by atoms with van der Waals surface area (Å²) >= 11 is 3.41. The molecule has 5 heteroatoms. The standard InChI is InChI=1S/C12H16BrNO2S/c1-2-17(15,16)10-5-6-12(11(13)7-10)14-8-9-3-4-9/h5-7,9,14H,2-4,8H2,1H3. The van der Waals surface area contributed by atoms with E-state index in [-0.39, 0.29) is 5.75 Å². The monoisotopic (exact) mass is 317 g/mol. The Morgan fingerprint density at radius 3 is 2.65 bits per heavy atom. The van der Waals surface area contributed by atoms with Crippen LogP contribution in [0.1, 0.15) is 19.8 Å². The average molecular weight is 318 g/mol. The number of halogens is 1. The number of sulfone groups is 1. The highest BCUT2D eigenvalue weighted by Gasteiger charge is 2.21. The fourth-order valence-electron chi connectivity index (χ4n) is 1.58. The minimum absolute atomic E-state index is 0.133. The molecule has 1 aliphatic rings. The second kappa shape index (κ2) is 4.98. The number of nitrogens with one attached hydrogen (secondary N) is 1. The van der Waals surface area contributed by atoms with E-state index in [1.54, 1.807) is 19.1 Å². The molecule has 0 aromatic heterocycles. The van der Waals surface area contributed by atoms with E-state index in [2.05, 4.69) is 21.2 Å². The lowest BCUT2D eigenvalue weighted by atomic mass is 10.3. The molecule has 0 amide bonds. The SMILES string of the molecule is CCS(=O)(=O)c1ccc(NCC2CC2)c(Br)c1. The van der Waals surface area contributed by atoms with Crippen LogP contribution in [0.3, 0.4) is 0 Å². The topological polar surface area (TPSA) is 46.2 Å². The van der Waals surface area contributed by atoms with Crippen molar-refractivity contribution in [2.24, 2.45) is 5.92 Å². The van der Waals surface area contributed by atoms with Crippen LogP contribution in [-0.2, 0) is 9.84 Å². The first-order valence-electron chi connectivity index (χ1n) is 5.79. The molecule has 0 radical (unpaired) electrons. The lowest BCUT2D eigenvalue weighted by molar-refractivity contribution is 0.597. The molecule has 0 saturated heterocycles. The van der Waals surface area contributed by atoms with E-state index in [1.165, 1.54) is 12.8 Å². The molecule has 0 aliphatic heterocycles. The molecule has 94 valence electrons. The molecular weight excluding hydrogens is 302 g/mol. The summed E-state index contributed by atoms with van der Waals surface area (Å²) < 4.78 is 24.2. The Kier molecular flexibility index (Phi) is 3.78. The van der Waals surface area contributed by atoms with Crippen molar-refractivity contribution in [3.05, 3.63) is 22.7 Å². The molecule has 1 aromatic rings. The number of rotatable bonds is 5. The van der Waals surface area contributed by atoms with Gasteiger partial charge in [-0.2, -0.15) is 0 Å². The van der Waals surface area contributed by atoms with E-state index in [1.807, 2.05) is 6.07 Å². The lowest BCUT2D eigenvalue weighted by Crippen LogP contribution is -2.06. The molecule has 2 rings (SSSR count). The Morgan fingerprint density at radius 1 is 1.41 bits per heavy atom. The highest BCUT2D eigenvalue weighted by molar-refractivity contribution is 9.10. The maximum Gasteiger partial charge on any atom is 0.178 e. The van der Waals surface area contributed by atoms with Crippen molar-refractivity contribution in [3.63, 3.8) is 0 Å². The summed E-state index contributed by atoms with van der Waals surface area (Å²) in [6.45, 7) is 2.63. The smallest absolute Gasteiger partial charge is 0.178 e. The van der Waals surface area contributed by atoms with Crippen molar-refractivity contribution < 1.29 is 8.42 Å². The van der Waals surface area contributed by atoms with Crippen LogP contribution in [0.5, 0.6) is 0 Å². The van der Waals surface area contributed by atoms with E-state index in [9.17, 15) is 8.42 Å². The second-order valence-corrected chi connectivity index (χ2v) is 7.50. The maximum atomic E-state index is 11.7. The van der Waals surface area contributed by atoms with Crippen molar-refractivity contribution in [3.8, 4) is 0 Å². The highest BCUT2D eigenvalue weighted by atomic mass is 79.9. The Hall–Kier alpha value is -0.550. The van der Waals surface area contributed by atoms with Crippen LogP contribution in [0.2, 0.25) is 0 Å². The van der Waals surface area contributed by atoms with Crippen molar-refractivity contribution in [1.82, 2.24) is 0 Å². The molecule has 0 atom stereocenters. The van der Waals surface area contributed by atoms with Crippen LogP contribution in [0, 0.1) is 5.92 Å². The third-order valence-corrected chi connectivity index (χ3v) is 5.35. The Balaban J connectivity index is 2.15. The van der Waals surface area contributed by atoms with E-state index >= 15 is 0 Å². The Labute approximate surface area is 111 Å². The molecule has 0 unspecified atom stereocenters. The van der Waals surface area contributed by atoms with Gasteiger partial charge in [-0.15, -0.1) is 0 Å². The molecule has 0 bridgehead atoms. The molecule has 0 heterocycles. The third-order valence-electron chi connectivity index (χ3n) is 2.96. The number of hydrogen-bond acceptors (Lipinski definition) is 3. The maximum absolute atomic E-state index is 11.7. The first-order valence-corrected chi connectivity index (χ1v) is 8.23. The van der Waals surface area contributed by atoms with E-state index in [0.717, 1.165) is 22.6 Å². The quantitative estimate of drug-likeness (QED) is 0.907. The third kappa shape index (κ3) is 3.22. The van der Waals surface area contributed by atoms with Gasteiger partial charge >= 0.3 is 0 Å². The summed E-state index contributed by atoms with van der Waals surface area (Å²) in [5.74, 6) is 0.926. The normalized spacial score (nSPS) is 15.9. The van der Waals surface area contributed by atoms with Crippen LogP contribution in [-0.4, -0.2) is 20.7 Å². The zero-order valence-corrected chi connectivity index (χ0v) is 12.1. The number of anilines is 1. The first kappa shape index (κ1) is 12.9. The van der Waals surface area contributed by atoms with Gasteiger partial charge in [0.05, 0.1) is 10.6 Å². The van der Waals surface area contributed by atoms with E-state index in [4.69, 9.17) is 0 Å². The summed E-state index contributed by atoms with van der Waals surface area (Å²) in [7, 11) is -3.11. The zero-order valence-electron chi connectivity index (χ0n) is 9.74. The van der Waals surface area contributed by atoms with Gasteiger partial charge in [0.15, 0.2) is 9.84 Å². The molecule has 1 N–H and O–H groups in total. The summed E-state index contributed by atoms with van der Waals surface area (Å²) in [4.78, 5) is 0.379. The van der Waals surface area contributed by atoms with Crippen LogP contribution in [0.4, 0.5) is 5.69 Å².